The molecule has 0 bridgehead atoms. The van der Waals surface area contributed by atoms with Crippen LogP contribution in [0.25, 0.3) is 95.0 Å². The molecule has 0 radical (unpaired) electrons. The van der Waals surface area contributed by atoms with Crippen molar-refractivity contribution < 1.29 is 0 Å². The molecular weight excluding hydrogens is 1020 g/mol. The van der Waals surface area contributed by atoms with E-state index in [4.69, 9.17) is 15.0 Å². The lowest BCUT2D eigenvalue weighted by molar-refractivity contribution is 1.07. The third-order valence-corrected chi connectivity index (χ3v) is 17.0. The van der Waals surface area contributed by atoms with E-state index in [-0.39, 0.29) is 6.71 Å². The zero-order valence-electron chi connectivity index (χ0n) is 46.4. The van der Waals surface area contributed by atoms with Crippen molar-refractivity contribution in [1.29, 1.82) is 0 Å². The van der Waals surface area contributed by atoms with Gasteiger partial charge in [0.05, 0.1) is 16.7 Å². The summed E-state index contributed by atoms with van der Waals surface area (Å²) in [5.74, 6) is 1.83. The molecule has 14 aromatic rings. The van der Waals surface area contributed by atoms with Crippen LogP contribution in [0.1, 0.15) is 11.1 Å². The number of para-hydroxylation sites is 5. The van der Waals surface area contributed by atoms with Crippen molar-refractivity contribution in [2.75, 3.05) is 9.80 Å². The van der Waals surface area contributed by atoms with Crippen LogP contribution >= 0.6 is 0 Å². The molecule has 0 aliphatic carbocycles. The molecule has 0 spiro atoms. The van der Waals surface area contributed by atoms with Crippen LogP contribution in [-0.4, -0.2) is 26.2 Å². The molecule has 2 aromatic heterocycles. The largest absolute Gasteiger partial charge is 0.311 e. The van der Waals surface area contributed by atoms with Gasteiger partial charge < -0.3 is 14.4 Å². The number of hydrogen-bond acceptors (Lipinski definition) is 5. The second kappa shape index (κ2) is 20.0. The summed E-state index contributed by atoms with van der Waals surface area (Å²) in [6.07, 6.45) is 0. The minimum absolute atomic E-state index is 0.0106. The van der Waals surface area contributed by atoms with E-state index in [9.17, 15) is 0 Å². The highest BCUT2D eigenvalue weighted by Gasteiger charge is 2.43. The van der Waals surface area contributed by atoms with Crippen LogP contribution in [0.4, 0.5) is 34.1 Å². The Morgan fingerprint density at radius 3 is 1.42 bits per heavy atom. The molecule has 84 heavy (non-hydrogen) atoms. The Labute approximate surface area is 489 Å². The fourth-order valence-corrected chi connectivity index (χ4v) is 13.2. The maximum Gasteiger partial charge on any atom is 0.252 e. The number of hydrogen-bond donors (Lipinski definition) is 0. The minimum atomic E-state index is 0.0106. The standard InChI is InChI=1S/C77H53BN6/c1-50-38-41-61(51(2)44-50)56-39-42-69-64(46-56)62-32-15-18-35-67(62)84(69)68-43-40-57(77-80-75(52-22-7-3-8-23-52)79-76(81-77)53-24-9-4-10-25-53)47-63(68)55-27-21-26-54(45-55)58-48-72-74-73(49-58)83(60-30-13-6-14-31-60)71-37-20-17-34-66(71)78(74)65-33-16-19-36-70(65)82(72)59-28-11-5-12-29-59/h3-49H,1-2H3. The van der Waals surface area contributed by atoms with Crippen LogP contribution in [0.3, 0.4) is 0 Å². The molecule has 0 atom stereocenters. The van der Waals surface area contributed by atoms with E-state index >= 15 is 0 Å². The summed E-state index contributed by atoms with van der Waals surface area (Å²) < 4.78 is 2.45. The van der Waals surface area contributed by atoms with Gasteiger partial charge in [0, 0.05) is 67.2 Å². The number of anilines is 6. The second-order valence-electron chi connectivity index (χ2n) is 22.1. The van der Waals surface area contributed by atoms with Gasteiger partial charge in [-0.3, -0.25) is 0 Å². The van der Waals surface area contributed by atoms with E-state index in [1.807, 2.05) is 36.4 Å². The van der Waals surface area contributed by atoms with E-state index in [2.05, 4.69) is 277 Å². The van der Waals surface area contributed by atoms with Gasteiger partial charge in [-0.05, 0) is 155 Å². The maximum atomic E-state index is 5.27. The van der Waals surface area contributed by atoms with E-state index < -0.39 is 0 Å². The number of aromatic nitrogens is 4. The predicted octanol–water partition coefficient (Wildman–Crippen LogP) is 17.7. The van der Waals surface area contributed by atoms with Crippen molar-refractivity contribution in [3.8, 4) is 73.2 Å². The first-order chi connectivity index (χ1) is 41.5. The summed E-state index contributed by atoms with van der Waals surface area (Å²) in [4.78, 5) is 20.6. The lowest BCUT2D eigenvalue weighted by atomic mass is 9.33. The van der Waals surface area contributed by atoms with Crippen LogP contribution in [0.5, 0.6) is 0 Å². The lowest BCUT2D eigenvalue weighted by Crippen LogP contribution is -2.61. The van der Waals surface area contributed by atoms with E-state index in [1.54, 1.807) is 0 Å². The smallest absolute Gasteiger partial charge is 0.252 e. The van der Waals surface area contributed by atoms with Crippen LogP contribution in [-0.2, 0) is 0 Å². The Morgan fingerprint density at radius 2 is 0.798 bits per heavy atom. The van der Waals surface area contributed by atoms with Gasteiger partial charge in [-0.15, -0.1) is 0 Å². The number of fused-ring (bicyclic) bond motifs is 7. The molecule has 0 unspecified atom stereocenters. The van der Waals surface area contributed by atoms with Crippen molar-refractivity contribution in [3.63, 3.8) is 0 Å². The summed E-state index contributed by atoms with van der Waals surface area (Å²) in [5, 5.41) is 2.38. The Kier molecular flexibility index (Phi) is 11.6. The third-order valence-electron chi connectivity index (χ3n) is 17.0. The molecular formula is C77H53BN6. The Hall–Kier alpha value is -10.9. The molecule has 2 aliphatic heterocycles. The fraction of sp³-hybridized carbons (Fsp3) is 0.0260. The van der Waals surface area contributed by atoms with E-state index in [0.717, 1.165) is 78.4 Å². The number of rotatable bonds is 9. The highest BCUT2D eigenvalue weighted by molar-refractivity contribution is 7.00. The first kappa shape index (κ1) is 49.0. The van der Waals surface area contributed by atoms with Crippen LogP contribution in [0.15, 0.2) is 285 Å². The SMILES string of the molecule is Cc1ccc(-c2ccc3c(c2)c2ccccc2n3-c2ccc(-c3nc(-c4ccccc4)nc(-c4ccccc4)n3)cc2-c2cccc(-c3cc4c5c(c3)N(c3ccccc3)c3ccccc3B5c3ccccc3N4c3ccccc3)c2)c(C)c1. The molecule has 2 aliphatic rings. The second-order valence-corrected chi connectivity index (χ2v) is 22.1. The highest BCUT2D eigenvalue weighted by atomic mass is 15.2. The average Bonchev–Trinajstić information content (AvgIpc) is 1.08. The summed E-state index contributed by atoms with van der Waals surface area (Å²) >= 11 is 0. The molecule has 0 amide bonds. The van der Waals surface area contributed by atoms with Crippen LogP contribution in [0, 0.1) is 13.8 Å². The quantitative estimate of drug-likeness (QED) is 0.135. The lowest BCUT2D eigenvalue weighted by Gasteiger charge is -2.44. The molecule has 0 saturated heterocycles. The summed E-state index contributed by atoms with van der Waals surface area (Å²) in [5.41, 5.74) is 26.0. The minimum Gasteiger partial charge on any atom is -0.311 e. The van der Waals surface area contributed by atoms with Gasteiger partial charge in [-0.1, -0.05) is 200 Å². The van der Waals surface area contributed by atoms with Crippen LogP contribution < -0.4 is 26.2 Å². The first-order valence-electron chi connectivity index (χ1n) is 28.8. The number of nitrogens with zero attached hydrogens (tertiary/aromatic N) is 6. The van der Waals surface area contributed by atoms with Gasteiger partial charge in [-0.25, -0.2) is 15.0 Å². The molecule has 16 rings (SSSR count). The van der Waals surface area contributed by atoms with Crippen molar-refractivity contribution in [2.24, 2.45) is 0 Å². The molecule has 12 aromatic carbocycles. The van der Waals surface area contributed by atoms with Crippen molar-refractivity contribution >= 4 is 79.0 Å². The van der Waals surface area contributed by atoms with E-state index in [0.29, 0.717) is 17.5 Å². The van der Waals surface area contributed by atoms with Crippen LogP contribution in [0.2, 0.25) is 0 Å². The van der Waals surface area contributed by atoms with Gasteiger partial charge in [0.2, 0.25) is 0 Å². The van der Waals surface area contributed by atoms with Gasteiger partial charge in [0.15, 0.2) is 17.5 Å². The molecule has 0 fully saturated rings. The van der Waals surface area contributed by atoms with Crippen molar-refractivity contribution in [3.05, 3.63) is 296 Å². The predicted molar refractivity (Wildman–Crippen MR) is 350 cm³/mol. The van der Waals surface area contributed by atoms with Gasteiger partial charge >= 0.3 is 0 Å². The summed E-state index contributed by atoms with van der Waals surface area (Å²) in [6, 6.07) is 103. The molecule has 4 heterocycles. The normalized spacial score (nSPS) is 12.3. The maximum absolute atomic E-state index is 5.27. The third kappa shape index (κ3) is 8.15. The van der Waals surface area contributed by atoms with Crippen molar-refractivity contribution in [2.45, 2.75) is 13.8 Å². The molecule has 0 saturated carbocycles. The number of benzene rings is 12. The molecule has 6 nitrogen and oxygen atoms in total. The fourth-order valence-electron chi connectivity index (χ4n) is 13.2. The van der Waals surface area contributed by atoms with Gasteiger partial charge in [0.25, 0.3) is 6.71 Å². The number of aryl methyl sites for hydroxylation is 2. The van der Waals surface area contributed by atoms with E-state index in [1.165, 1.54) is 60.8 Å². The molecule has 0 N–H and O–H groups in total. The topological polar surface area (TPSA) is 50.1 Å². The Morgan fingerprint density at radius 1 is 0.298 bits per heavy atom. The monoisotopic (exact) mass is 1070 g/mol. The summed E-state index contributed by atoms with van der Waals surface area (Å²) in [7, 11) is 0. The first-order valence-corrected chi connectivity index (χ1v) is 28.8. The van der Waals surface area contributed by atoms with Gasteiger partial charge in [0.1, 0.15) is 0 Å². The van der Waals surface area contributed by atoms with Gasteiger partial charge in [-0.2, -0.15) is 0 Å². The highest BCUT2D eigenvalue weighted by Crippen LogP contribution is 2.47. The molecule has 7 heteroatoms. The average molecular weight is 1070 g/mol. The Bertz CT molecular complexity index is 4720. The zero-order valence-corrected chi connectivity index (χ0v) is 46.4. The Balaban J connectivity index is 0.941. The van der Waals surface area contributed by atoms with Crippen molar-refractivity contribution in [1.82, 2.24) is 19.5 Å². The molecule has 394 valence electrons. The summed E-state index contributed by atoms with van der Waals surface area (Å²) in [6.45, 7) is 4.38. The zero-order chi connectivity index (χ0) is 55.8.